The molecule has 0 aliphatic carbocycles. The molecule has 1 aromatic carbocycles. The largest absolute Gasteiger partial charge is 0.508 e. The normalized spacial score (nSPS) is 13.6. The summed E-state index contributed by atoms with van der Waals surface area (Å²) in [6.45, 7) is 5.76. The number of aromatic hydroxyl groups is 1. The van der Waals surface area contributed by atoms with Crippen molar-refractivity contribution >= 4 is 7.60 Å². The van der Waals surface area contributed by atoms with Crippen molar-refractivity contribution in [3.05, 3.63) is 29.3 Å². The van der Waals surface area contributed by atoms with E-state index < -0.39 is 13.4 Å². The molecule has 18 heavy (non-hydrogen) atoms. The van der Waals surface area contributed by atoms with E-state index in [-0.39, 0.29) is 19.0 Å². The minimum absolute atomic E-state index is 0.00673. The highest BCUT2D eigenvalue weighted by molar-refractivity contribution is 7.54. The Hall–Kier alpha value is -0.870. The molecule has 0 aliphatic heterocycles. The highest BCUT2D eigenvalue weighted by Gasteiger charge is 2.35. The maximum atomic E-state index is 12.5. The van der Waals surface area contributed by atoms with Gasteiger partial charge in [0, 0.05) is 5.56 Å². The van der Waals surface area contributed by atoms with Crippen molar-refractivity contribution in [2.45, 2.75) is 26.6 Å². The monoisotopic (exact) mass is 273 g/mol. The molecular weight excluding hydrogens is 253 g/mol. The molecule has 1 rings (SSSR count). The Morgan fingerprint density at radius 1 is 1.33 bits per heavy atom. The van der Waals surface area contributed by atoms with E-state index in [4.69, 9.17) is 14.8 Å². The molecule has 102 valence electrons. The summed E-state index contributed by atoms with van der Waals surface area (Å²) in [5.41, 5.74) is 7.23. The van der Waals surface area contributed by atoms with Gasteiger partial charge < -0.3 is 19.9 Å². The second-order valence-corrected chi connectivity index (χ2v) is 6.03. The minimum Gasteiger partial charge on any atom is -0.508 e. The van der Waals surface area contributed by atoms with Crippen LogP contribution in [0.3, 0.4) is 0 Å². The van der Waals surface area contributed by atoms with Crippen LogP contribution in [0.15, 0.2) is 18.2 Å². The smallest absolute Gasteiger partial charge is 0.351 e. The summed E-state index contributed by atoms with van der Waals surface area (Å²) < 4.78 is 22.9. The van der Waals surface area contributed by atoms with Crippen LogP contribution < -0.4 is 5.73 Å². The fourth-order valence-corrected chi connectivity index (χ4v) is 3.30. The highest BCUT2D eigenvalue weighted by atomic mass is 31.2. The number of benzene rings is 1. The van der Waals surface area contributed by atoms with E-state index >= 15 is 0 Å². The van der Waals surface area contributed by atoms with Crippen LogP contribution in [0.2, 0.25) is 0 Å². The molecule has 3 N–H and O–H groups in total. The second kappa shape index (κ2) is 6.34. The zero-order chi connectivity index (χ0) is 13.8. The van der Waals surface area contributed by atoms with Gasteiger partial charge in [-0.05, 0) is 26.8 Å². The van der Waals surface area contributed by atoms with E-state index in [2.05, 4.69) is 0 Å². The average molecular weight is 273 g/mol. The minimum atomic E-state index is -3.46. The number of phenolic OH excluding ortho intramolecular Hbond substituents is 1. The molecule has 0 saturated heterocycles. The summed E-state index contributed by atoms with van der Waals surface area (Å²) in [6.07, 6.45) is 0. The van der Waals surface area contributed by atoms with Crippen molar-refractivity contribution in [2.75, 3.05) is 13.2 Å². The molecule has 0 amide bonds. The first-order valence-corrected chi connectivity index (χ1v) is 7.49. The van der Waals surface area contributed by atoms with Crippen molar-refractivity contribution in [3.63, 3.8) is 0 Å². The number of rotatable bonds is 6. The zero-order valence-electron chi connectivity index (χ0n) is 10.9. The third-order valence-electron chi connectivity index (χ3n) is 2.46. The lowest BCUT2D eigenvalue weighted by molar-refractivity contribution is 0.212. The van der Waals surface area contributed by atoms with Gasteiger partial charge in [-0.3, -0.25) is 4.57 Å². The third kappa shape index (κ3) is 3.33. The van der Waals surface area contributed by atoms with Crippen molar-refractivity contribution < 1.29 is 18.7 Å². The molecule has 6 heteroatoms. The number of hydrogen-bond acceptors (Lipinski definition) is 5. The first kappa shape index (κ1) is 15.2. The summed E-state index contributed by atoms with van der Waals surface area (Å²) >= 11 is 0. The lowest BCUT2D eigenvalue weighted by Crippen LogP contribution is -2.15. The van der Waals surface area contributed by atoms with Gasteiger partial charge in [0.1, 0.15) is 11.5 Å². The molecule has 0 heterocycles. The molecule has 5 nitrogen and oxygen atoms in total. The maximum Gasteiger partial charge on any atom is 0.351 e. The Bertz CT molecular complexity index is 440. The predicted octanol–water partition coefficient (Wildman–Crippen LogP) is 2.92. The SMILES string of the molecule is CCOP(=O)(OCC)[C@@H](N)c1cc(C)ccc1O. The Kier molecular flexibility index (Phi) is 5.35. The van der Waals surface area contributed by atoms with E-state index in [1.807, 2.05) is 6.92 Å². The van der Waals surface area contributed by atoms with Gasteiger partial charge in [-0.15, -0.1) is 0 Å². The van der Waals surface area contributed by atoms with E-state index in [0.717, 1.165) is 5.56 Å². The molecule has 0 fully saturated rings. The first-order valence-electron chi connectivity index (χ1n) is 5.88. The number of phenols is 1. The van der Waals surface area contributed by atoms with E-state index in [0.29, 0.717) is 5.56 Å². The third-order valence-corrected chi connectivity index (χ3v) is 4.66. The summed E-state index contributed by atoms with van der Waals surface area (Å²) in [7, 11) is -3.46. The van der Waals surface area contributed by atoms with Gasteiger partial charge in [-0.1, -0.05) is 17.7 Å². The Balaban J connectivity index is 3.13. The second-order valence-electron chi connectivity index (χ2n) is 3.88. The molecule has 1 aromatic rings. The zero-order valence-corrected chi connectivity index (χ0v) is 11.8. The molecule has 0 saturated carbocycles. The van der Waals surface area contributed by atoms with Crippen LogP contribution in [0.5, 0.6) is 5.75 Å². The summed E-state index contributed by atoms with van der Waals surface area (Å²) in [5.74, 6) is -0.995. The summed E-state index contributed by atoms with van der Waals surface area (Å²) in [4.78, 5) is 0. The first-order chi connectivity index (χ1) is 8.44. The van der Waals surface area contributed by atoms with Gasteiger partial charge in [0.25, 0.3) is 0 Å². The van der Waals surface area contributed by atoms with Crippen LogP contribution in [0.1, 0.15) is 30.8 Å². The maximum absolute atomic E-state index is 12.5. The van der Waals surface area contributed by atoms with Crippen molar-refractivity contribution in [1.82, 2.24) is 0 Å². The van der Waals surface area contributed by atoms with Gasteiger partial charge >= 0.3 is 7.60 Å². The number of aryl methyl sites for hydroxylation is 1. The van der Waals surface area contributed by atoms with E-state index in [9.17, 15) is 9.67 Å². The highest BCUT2D eigenvalue weighted by Crippen LogP contribution is 2.59. The van der Waals surface area contributed by atoms with Crippen LogP contribution in [0.25, 0.3) is 0 Å². The quantitative estimate of drug-likeness (QED) is 0.779. The lowest BCUT2D eigenvalue weighted by Gasteiger charge is -2.24. The molecule has 0 aliphatic rings. The van der Waals surface area contributed by atoms with E-state index in [1.54, 1.807) is 26.0 Å². The van der Waals surface area contributed by atoms with Crippen molar-refractivity contribution in [3.8, 4) is 5.75 Å². The van der Waals surface area contributed by atoms with Crippen molar-refractivity contribution in [1.29, 1.82) is 0 Å². The number of nitrogens with two attached hydrogens (primary N) is 1. The van der Waals surface area contributed by atoms with Gasteiger partial charge in [-0.2, -0.15) is 0 Å². The molecule has 1 atom stereocenters. The molecule has 0 unspecified atom stereocenters. The number of hydrogen-bond donors (Lipinski definition) is 2. The van der Waals surface area contributed by atoms with Crippen LogP contribution in [-0.2, 0) is 13.6 Å². The van der Waals surface area contributed by atoms with Gasteiger partial charge in [-0.25, -0.2) is 0 Å². The molecular formula is C12H20NO4P. The molecule has 0 radical (unpaired) electrons. The summed E-state index contributed by atoms with van der Waals surface area (Å²) in [6, 6.07) is 4.95. The predicted molar refractivity (Wildman–Crippen MR) is 70.6 cm³/mol. The van der Waals surface area contributed by atoms with Gasteiger partial charge in [0.05, 0.1) is 13.2 Å². The van der Waals surface area contributed by atoms with Crippen LogP contribution >= 0.6 is 7.60 Å². The lowest BCUT2D eigenvalue weighted by atomic mass is 10.1. The standard InChI is InChI=1S/C12H20NO4P/c1-4-16-18(15,17-5-2)12(13)10-8-9(3)6-7-11(10)14/h6-8,12,14H,4-5,13H2,1-3H3/t12-/m1/s1. The topological polar surface area (TPSA) is 81.8 Å². The van der Waals surface area contributed by atoms with Gasteiger partial charge in [0.15, 0.2) is 0 Å². The van der Waals surface area contributed by atoms with Crippen LogP contribution in [0.4, 0.5) is 0 Å². The molecule has 0 bridgehead atoms. The van der Waals surface area contributed by atoms with E-state index in [1.165, 1.54) is 6.07 Å². The summed E-state index contributed by atoms with van der Waals surface area (Å²) in [5, 5.41) is 9.79. The fraction of sp³-hybridized carbons (Fsp3) is 0.500. The Morgan fingerprint density at radius 3 is 2.39 bits per heavy atom. The van der Waals surface area contributed by atoms with Crippen molar-refractivity contribution in [2.24, 2.45) is 5.73 Å². The average Bonchev–Trinajstić information content (AvgIpc) is 2.32. The molecule has 0 spiro atoms. The van der Waals surface area contributed by atoms with Crippen LogP contribution in [-0.4, -0.2) is 18.3 Å². The Morgan fingerprint density at radius 2 is 1.89 bits per heavy atom. The van der Waals surface area contributed by atoms with Crippen LogP contribution in [0, 0.1) is 6.92 Å². The van der Waals surface area contributed by atoms with Gasteiger partial charge in [0.2, 0.25) is 0 Å². The Labute approximate surface area is 107 Å². The molecule has 0 aromatic heterocycles. The fourth-order valence-electron chi connectivity index (χ4n) is 1.64.